The molecule has 1 unspecified atom stereocenters. The van der Waals surface area contributed by atoms with Gasteiger partial charge in [0.2, 0.25) is 0 Å². The fourth-order valence-electron chi connectivity index (χ4n) is 2.86. The highest BCUT2D eigenvalue weighted by Gasteiger charge is 2.18. The minimum atomic E-state index is -0.225. The van der Waals surface area contributed by atoms with Crippen molar-refractivity contribution in [2.24, 2.45) is 10.9 Å². The van der Waals surface area contributed by atoms with Crippen molar-refractivity contribution >= 4 is 18.0 Å². The van der Waals surface area contributed by atoms with Crippen LogP contribution in [0.3, 0.4) is 0 Å². The summed E-state index contributed by atoms with van der Waals surface area (Å²) in [5.74, 6) is 0.445. The molecular weight excluding hydrogens is 314 g/mol. The molecule has 5 nitrogen and oxygen atoms in total. The van der Waals surface area contributed by atoms with Gasteiger partial charge in [-0.25, -0.2) is 0 Å². The molecule has 1 aliphatic rings. The Morgan fingerprint density at radius 1 is 1.32 bits per heavy atom. The van der Waals surface area contributed by atoms with Crippen LogP contribution in [0.1, 0.15) is 32.3 Å². The predicted molar refractivity (Wildman–Crippen MR) is 102 cm³/mol. The number of rotatable bonds is 5. The number of ether oxygens (including phenoxy) is 1. The van der Waals surface area contributed by atoms with E-state index >= 15 is 0 Å². The van der Waals surface area contributed by atoms with Gasteiger partial charge in [0.25, 0.3) is 0 Å². The highest BCUT2D eigenvalue weighted by Crippen LogP contribution is 2.19. The van der Waals surface area contributed by atoms with Gasteiger partial charge in [-0.1, -0.05) is 48.9 Å². The predicted octanol–water partition coefficient (Wildman–Crippen LogP) is 2.94. The number of nitrogens with zero attached hydrogens (tertiary/aromatic N) is 2. The Morgan fingerprint density at radius 2 is 2.00 bits per heavy atom. The molecule has 25 heavy (non-hydrogen) atoms. The van der Waals surface area contributed by atoms with Crippen LogP contribution >= 0.6 is 0 Å². The fraction of sp³-hybridized carbons (Fsp3) is 0.500. The van der Waals surface area contributed by atoms with Crippen LogP contribution in [-0.4, -0.2) is 50.1 Å². The third-order valence-electron chi connectivity index (χ3n) is 4.33. The minimum absolute atomic E-state index is 0.216. The van der Waals surface area contributed by atoms with Crippen LogP contribution in [0.15, 0.2) is 40.9 Å². The molecule has 1 saturated heterocycles. The number of carbonyl (C=O) groups is 1. The maximum absolute atomic E-state index is 11.5. The monoisotopic (exact) mass is 343 g/mol. The van der Waals surface area contributed by atoms with Gasteiger partial charge in [-0.05, 0) is 25.3 Å². The third kappa shape index (κ3) is 5.93. The van der Waals surface area contributed by atoms with Gasteiger partial charge in [0, 0.05) is 19.6 Å². The molecule has 0 spiro atoms. The first-order valence-corrected chi connectivity index (χ1v) is 8.99. The van der Waals surface area contributed by atoms with Crippen molar-refractivity contribution < 1.29 is 9.53 Å². The van der Waals surface area contributed by atoms with E-state index in [0.717, 1.165) is 38.4 Å². The van der Waals surface area contributed by atoms with Crippen LogP contribution in [-0.2, 0) is 9.53 Å². The summed E-state index contributed by atoms with van der Waals surface area (Å²) >= 11 is 0. The maximum Gasteiger partial charge on any atom is 0.310 e. The highest BCUT2D eigenvalue weighted by molar-refractivity contribution is 5.81. The van der Waals surface area contributed by atoms with Gasteiger partial charge < -0.3 is 15.0 Å². The van der Waals surface area contributed by atoms with E-state index < -0.39 is 0 Å². The van der Waals surface area contributed by atoms with Crippen molar-refractivity contribution in [1.29, 1.82) is 0 Å². The Bertz CT molecular complexity index is 601. The van der Waals surface area contributed by atoms with Crippen LogP contribution < -0.4 is 5.32 Å². The molecule has 0 amide bonds. The standard InChI is InChI=1S/C20H29N3O2/c1-4-21-20(22-15-16(2)19(24)25-3)23-12-10-18(11-13-23)14-17-8-6-5-7-9-17/h5-9,14,16H,4,10-13,15H2,1-3H3,(H,21,22). The van der Waals surface area contributed by atoms with Gasteiger partial charge in [-0.15, -0.1) is 0 Å². The largest absolute Gasteiger partial charge is 0.469 e. The van der Waals surface area contributed by atoms with Crippen LogP contribution in [0, 0.1) is 5.92 Å². The summed E-state index contributed by atoms with van der Waals surface area (Å²) in [7, 11) is 1.42. The Labute approximate surface area is 150 Å². The number of esters is 1. The second-order valence-corrected chi connectivity index (χ2v) is 6.32. The van der Waals surface area contributed by atoms with E-state index in [4.69, 9.17) is 4.74 Å². The number of benzene rings is 1. The second-order valence-electron chi connectivity index (χ2n) is 6.32. The van der Waals surface area contributed by atoms with Crippen molar-refractivity contribution in [3.8, 4) is 0 Å². The minimum Gasteiger partial charge on any atom is -0.469 e. The van der Waals surface area contributed by atoms with Gasteiger partial charge in [0.1, 0.15) is 0 Å². The lowest BCUT2D eigenvalue weighted by Gasteiger charge is -2.31. The number of piperidine rings is 1. The molecule has 2 rings (SSSR count). The van der Waals surface area contributed by atoms with Crippen LogP contribution in [0.5, 0.6) is 0 Å². The highest BCUT2D eigenvalue weighted by atomic mass is 16.5. The van der Waals surface area contributed by atoms with Crippen molar-refractivity contribution in [2.75, 3.05) is 33.3 Å². The second kappa shape index (κ2) is 9.87. The summed E-state index contributed by atoms with van der Waals surface area (Å²) in [5.41, 5.74) is 2.74. The van der Waals surface area contributed by atoms with E-state index in [-0.39, 0.29) is 11.9 Å². The molecule has 1 aromatic rings. The lowest BCUT2D eigenvalue weighted by atomic mass is 10.0. The Morgan fingerprint density at radius 3 is 2.60 bits per heavy atom. The molecule has 0 radical (unpaired) electrons. The lowest BCUT2D eigenvalue weighted by Crippen LogP contribution is -2.44. The molecule has 1 atom stereocenters. The smallest absolute Gasteiger partial charge is 0.310 e. The number of methoxy groups -OCH3 is 1. The fourth-order valence-corrected chi connectivity index (χ4v) is 2.86. The van der Waals surface area contributed by atoms with Crippen molar-refractivity contribution in [1.82, 2.24) is 10.2 Å². The number of likely N-dealkylation sites (tertiary alicyclic amines) is 1. The maximum atomic E-state index is 11.5. The molecule has 0 saturated carbocycles. The van der Waals surface area contributed by atoms with Gasteiger partial charge in [0.05, 0.1) is 19.6 Å². The number of aliphatic imine (C=N–C) groups is 1. The molecule has 1 aromatic carbocycles. The van der Waals surface area contributed by atoms with E-state index in [0.29, 0.717) is 6.54 Å². The molecule has 0 bridgehead atoms. The van der Waals surface area contributed by atoms with Crippen LogP contribution in [0.4, 0.5) is 0 Å². The van der Waals surface area contributed by atoms with E-state index in [1.54, 1.807) is 0 Å². The summed E-state index contributed by atoms with van der Waals surface area (Å²) < 4.78 is 4.77. The zero-order valence-electron chi connectivity index (χ0n) is 15.5. The third-order valence-corrected chi connectivity index (χ3v) is 4.33. The Kier molecular flexibility index (Phi) is 7.51. The van der Waals surface area contributed by atoms with E-state index in [1.165, 1.54) is 18.2 Å². The average Bonchev–Trinajstić information content (AvgIpc) is 2.65. The summed E-state index contributed by atoms with van der Waals surface area (Å²) in [6, 6.07) is 10.5. The number of guanidine groups is 1. The number of carbonyl (C=O) groups excluding carboxylic acids is 1. The Balaban J connectivity index is 1.95. The average molecular weight is 343 g/mol. The first-order valence-electron chi connectivity index (χ1n) is 8.99. The van der Waals surface area contributed by atoms with E-state index in [2.05, 4.69) is 52.5 Å². The van der Waals surface area contributed by atoms with Gasteiger partial charge in [-0.2, -0.15) is 0 Å². The SMILES string of the molecule is CCNC(=NCC(C)C(=O)OC)N1CCC(=Cc2ccccc2)CC1. The summed E-state index contributed by atoms with van der Waals surface area (Å²) in [4.78, 5) is 18.4. The molecule has 0 aliphatic carbocycles. The molecule has 1 heterocycles. The zero-order valence-corrected chi connectivity index (χ0v) is 15.5. The summed E-state index contributed by atoms with van der Waals surface area (Å²) in [5, 5.41) is 3.33. The molecule has 0 aromatic heterocycles. The summed E-state index contributed by atoms with van der Waals surface area (Å²) in [6.07, 6.45) is 4.36. The molecule has 5 heteroatoms. The van der Waals surface area contributed by atoms with Gasteiger partial charge in [-0.3, -0.25) is 9.79 Å². The molecule has 136 valence electrons. The summed E-state index contributed by atoms with van der Waals surface area (Å²) in [6.45, 7) is 7.04. The van der Waals surface area contributed by atoms with Crippen LogP contribution in [0.2, 0.25) is 0 Å². The zero-order chi connectivity index (χ0) is 18.1. The van der Waals surface area contributed by atoms with Crippen molar-refractivity contribution in [3.63, 3.8) is 0 Å². The molecule has 1 aliphatic heterocycles. The van der Waals surface area contributed by atoms with Gasteiger partial charge >= 0.3 is 5.97 Å². The normalized spacial score (nSPS) is 16.4. The van der Waals surface area contributed by atoms with Crippen molar-refractivity contribution in [2.45, 2.75) is 26.7 Å². The molecular formula is C20H29N3O2. The topological polar surface area (TPSA) is 53.9 Å². The lowest BCUT2D eigenvalue weighted by molar-refractivity contribution is -0.144. The molecule has 1 fully saturated rings. The number of nitrogens with one attached hydrogen (secondary N) is 1. The first-order chi connectivity index (χ1) is 12.1. The number of hydrogen-bond acceptors (Lipinski definition) is 3. The van der Waals surface area contributed by atoms with Gasteiger partial charge in [0.15, 0.2) is 5.96 Å². The quantitative estimate of drug-likeness (QED) is 0.507. The first kappa shape index (κ1) is 19.0. The van der Waals surface area contributed by atoms with Crippen LogP contribution in [0.25, 0.3) is 6.08 Å². The van der Waals surface area contributed by atoms with E-state index in [1.807, 2.05) is 13.0 Å². The van der Waals surface area contributed by atoms with E-state index in [9.17, 15) is 4.79 Å². The molecule has 1 N–H and O–H groups in total. The number of hydrogen-bond donors (Lipinski definition) is 1. The van der Waals surface area contributed by atoms with Crippen molar-refractivity contribution in [3.05, 3.63) is 41.5 Å². The Hall–Kier alpha value is -2.30.